The van der Waals surface area contributed by atoms with Crippen molar-refractivity contribution in [1.29, 1.82) is 0 Å². The second-order valence-corrected chi connectivity index (χ2v) is 6.75. The Morgan fingerprint density at radius 2 is 1.47 bits per heavy atom. The van der Waals surface area contributed by atoms with Crippen LogP contribution in [0.1, 0.15) is 22.8 Å². The van der Waals surface area contributed by atoms with Crippen LogP contribution < -0.4 is 10.1 Å². The number of esters is 1. The second kappa shape index (κ2) is 9.52. The summed E-state index contributed by atoms with van der Waals surface area (Å²) in [4.78, 5) is 35.1. The van der Waals surface area contributed by atoms with Gasteiger partial charge in [-0.2, -0.15) is 0 Å². The molecule has 0 aromatic heterocycles. The number of aliphatic carboxylic acids is 1. The van der Waals surface area contributed by atoms with Crippen LogP contribution in [0.15, 0.2) is 78.9 Å². The van der Waals surface area contributed by atoms with Gasteiger partial charge in [-0.3, -0.25) is 9.59 Å². The van der Waals surface area contributed by atoms with E-state index in [0.717, 1.165) is 16.7 Å². The molecule has 0 heterocycles. The fourth-order valence-corrected chi connectivity index (χ4v) is 2.98. The van der Waals surface area contributed by atoms with E-state index in [0.29, 0.717) is 5.75 Å². The van der Waals surface area contributed by atoms with Crippen molar-refractivity contribution in [2.24, 2.45) is 0 Å². The Morgan fingerprint density at radius 1 is 0.867 bits per heavy atom. The van der Waals surface area contributed by atoms with Gasteiger partial charge < -0.3 is 15.2 Å². The summed E-state index contributed by atoms with van der Waals surface area (Å²) in [6.45, 7) is 1.28. The number of amides is 1. The van der Waals surface area contributed by atoms with Gasteiger partial charge in [0.15, 0.2) is 0 Å². The highest BCUT2D eigenvalue weighted by molar-refractivity contribution is 5.96. The predicted octanol–water partition coefficient (Wildman–Crippen LogP) is 3.70. The molecule has 6 heteroatoms. The molecule has 0 fully saturated rings. The first-order valence-electron chi connectivity index (χ1n) is 9.39. The molecular formula is C24H21NO5. The third kappa shape index (κ3) is 5.54. The highest BCUT2D eigenvalue weighted by atomic mass is 16.5. The van der Waals surface area contributed by atoms with Gasteiger partial charge in [0, 0.05) is 18.9 Å². The number of nitrogens with one attached hydrogen (secondary N) is 1. The Kier molecular flexibility index (Phi) is 6.60. The molecule has 0 unspecified atom stereocenters. The molecule has 0 radical (unpaired) electrons. The van der Waals surface area contributed by atoms with E-state index in [4.69, 9.17) is 4.74 Å². The molecule has 30 heavy (non-hydrogen) atoms. The molecule has 0 aliphatic rings. The SMILES string of the molecule is CC(=O)Oc1ccc(C(=O)N[C@@H](Cc2ccc(-c3ccccc3)cc2)C(=O)O)cc1. The Morgan fingerprint density at radius 3 is 2.03 bits per heavy atom. The topological polar surface area (TPSA) is 92.7 Å². The van der Waals surface area contributed by atoms with Crippen molar-refractivity contribution in [2.45, 2.75) is 19.4 Å². The van der Waals surface area contributed by atoms with Crippen LogP contribution in [-0.4, -0.2) is 29.0 Å². The standard InChI is InChI=1S/C24H21NO5/c1-16(26)30-21-13-11-20(12-14-21)23(27)25-22(24(28)29)15-17-7-9-19(10-8-17)18-5-3-2-4-6-18/h2-14,22H,15H2,1H3,(H,25,27)(H,28,29)/t22-/m0/s1. The number of carbonyl (C=O) groups is 3. The number of carboxylic acids is 1. The van der Waals surface area contributed by atoms with Crippen molar-refractivity contribution in [1.82, 2.24) is 5.32 Å². The number of carbonyl (C=O) groups excluding carboxylic acids is 2. The molecule has 1 amide bonds. The van der Waals surface area contributed by atoms with Gasteiger partial charge in [0.1, 0.15) is 11.8 Å². The molecule has 0 aliphatic heterocycles. The van der Waals surface area contributed by atoms with Crippen LogP contribution in [0.25, 0.3) is 11.1 Å². The normalized spacial score (nSPS) is 11.4. The fraction of sp³-hybridized carbons (Fsp3) is 0.125. The van der Waals surface area contributed by atoms with Gasteiger partial charge >= 0.3 is 11.9 Å². The smallest absolute Gasteiger partial charge is 0.326 e. The monoisotopic (exact) mass is 403 g/mol. The quantitative estimate of drug-likeness (QED) is 0.463. The summed E-state index contributed by atoms with van der Waals surface area (Å²) < 4.78 is 4.92. The summed E-state index contributed by atoms with van der Waals surface area (Å²) in [7, 11) is 0. The first-order chi connectivity index (χ1) is 14.4. The van der Waals surface area contributed by atoms with Crippen LogP contribution in [0.3, 0.4) is 0 Å². The Hall–Kier alpha value is -3.93. The molecule has 0 spiro atoms. The van der Waals surface area contributed by atoms with Crippen molar-refractivity contribution in [3.63, 3.8) is 0 Å². The predicted molar refractivity (Wildman–Crippen MR) is 112 cm³/mol. The van der Waals surface area contributed by atoms with Gasteiger partial charge in [0.25, 0.3) is 5.91 Å². The highest BCUT2D eigenvalue weighted by Gasteiger charge is 2.21. The number of benzene rings is 3. The van der Waals surface area contributed by atoms with Crippen LogP contribution in [0, 0.1) is 0 Å². The number of rotatable bonds is 7. The number of ether oxygens (including phenoxy) is 1. The number of hydrogen-bond donors (Lipinski definition) is 2. The Bertz CT molecular complexity index is 1030. The maximum absolute atomic E-state index is 12.4. The molecule has 0 aliphatic carbocycles. The van der Waals surface area contributed by atoms with Crippen LogP contribution >= 0.6 is 0 Å². The van der Waals surface area contributed by atoms with Gasteiger partial charge in [-0.05, 0) is 41.0 Å². The largest absolute Gasteiger partial charge is 0.480 e. The van der Waals surface area contributed by atoms with E-state index < -0.39 is 23.9 Å². The van der Waals surface area contributed by atoms with Gasteiger partial charge in [-0.15, -0.1) is 0 Å². The first kappa shape index (κ1) is 20.8. The first-order valence-corrected chi connectivity index (χ1v) is 9.39. The van der Waals surface area contributed by atoms with Gasteiger partial charge in [0.05, 0.1) is 0 Å². The van der Waals surface area contributed by atoms with E-state index in [1.54, 1.807) is 0 Å². The van der Waals surface area contributed by atoms with E-state index in [9.17, 15) is 19.5 Å². The summed E-state index contributed by atoms with van der Waals surface area (Å²) in [6, 6.07) is 22.3. The minimum atomic E-state index is -1.12. The lowest BCUT2D eigenvalue weighted by Crippen LogP contribution is -2.42. The summed E-state index contributed by atoms with van der Waals surface area (Å²) in [5.41, 5.74) is 3.18. The van der Waals surface area contributed by atoms with Crippen LogP contribution in [0.2, 0.25) is 0 Å². The van der Waals surface area contributed by atoms with Gasteiger partial charge in [-0.1, -0.05) is 54.6 Å². The second-order valence-electron chi connectivity index (χ2n) is 6.75. The maximum atomic E-state index is 12.4. The summed E-state index contributed by atoms with van der Waals surface area (Å²) in [6.07, 6.45) is 0.154. The van der Waals surface area contributed by atoms with E-state index in [-0.39, 0.29) is 12.0 Å². The molecule has 3 aromatic carbocycles. The average Bonchev–Trinajstić information content (AvgIpc) is 2.74. The lowest BCUT2D eigenvalue weighted by Gasteiger charge is -2.15. The minimum absolute atomic E-state index is 0.154. The van der Waals surface area contributed by atoms with Crippen LogP contribution in [0.4, 0.5) is 0 Å². The average molecular weight is 403 g/mol. The molecule has 0 bridgehead atoms. The Balaban J connectivity index is 1.66. The fourth-order valence-electron chi connectivity index (χ4n) is 2.98. The van der Waals surface area contributed by atoms with Crippen LogP contribution in [0.5, 0.6) is 5.75 Å². The molecule has 1 atom stereocenters. The molecule has 3 aromatic rings. The van der Waals surface area contributed by atoms with Crippen molar-refractivity contribution >= 4 is 17.8 Å². The highest BCUT2D eigenvalue weighted by Crippen LogP contribution is 2.20. The van der Waals surface area contributed by atoms with Gasteiger partial charge in [0.2, 0.25) is 0 Å². The maximum Gasteiger partial charge on any atom is 0.326 e. The van der Waals surface area contributed by atoms with Gasteiger partial charge in [-0.25, -0.2) is 4.79 Å². The van der Waals surface area contributed by atoms with Crippen molar-refractivity contribution < 1.29 is 24.2 Å². The van der Waals surface area contributed by atoms with Crippen molar-refractivity contribution in [3.05, 3.63) is 90.0 Å². The van der Waals surface area contributed by atoms with Crippen molar-refractivity contribution in [3.8, 4) is 16.9 Å². The zero-order valence-electron chi connectivity index (χ0n) is 16.4. The molecule has 2 N–H and O–H groups in total. The molecule has 152 valence electrons. The molecule has 0 saturated heterocycles. The zero-order valence-corrected chi connectivity index (χ0v) is 16.4. The van der Waals surface area contributed by atoms with E-state index in [1.165, 1.54) is 31.2 Å². The lowest BCUT2D eigenvalue weighted by atomic mass is 10.0. The summed E-state index contributed by atoms with van der Waals surface area (Å²) in [5, 5.41) is 12.1. The Labute approximate surface area is 174 Å². The molecular weight excluding hydrogens is 382 g/mol. The molecule has 6 nitrogen and oxygen atoms in total. The molecule has 0 saturated carbocycles. The lowest BCUT2D eigenvalue weighted by molar-refractivity contribution is -0.139. The third-order valence-electron chi connectivity index (χ3n) is 4.48. The van der Waals surface area contributed by atoms with E-state index in [2.05, 4.69) is 5.32 Å². The van der Waals surface area contributed by atoms with Crippen LogP contribution in [-0.2, 0) is 16.0 Å². The molecule has 3 rings (SSSR count). The third-order valence-corrected chi connectivity index (χ3v) is 4.48. The summed E-state index contributed by atoms with van der Waals surface area (Å²) >= 11 is 0. The zero-order chi connectivity index (χ0) is 21.5. The van der Waals surface area contributed by atoms with Crippen molar-refractivity contribution in [2.75, 3.05) is 0 Å². The minimum Gasteiger partial charge on any atom is -0.480 e. The summed E-state index contributed by atoms with van der Waals surface area (Å²) in [5.74, 6) is -1.78. The van der Waals surface area contributed by atoms with E-state index >= 15 is 0 Å². The number of carboxylic acid groups (broad SMARTS) is 1. The number of hydrogen-bond acceptors (Lipinski definition) is 4. The van der Waals surface area contributed by atoms with E-state index in [1.807, 2.05) is 54.6 Å².